The molecule has 1 unspecified atom stereocenters. The number of halogens is 1. The van der Waals surface area contributed by atoms with Crippen molar-refractivity contribution in [2.24, 2.45) is 4.99 Å². The number of ether oxygens (including phenoxy) is 1. The fourth-order valence-corrected chi connectivity index (χ4v) is 4.24. The first-order valence-corrected chi connectivity index (χ1v) is 11.2. The summed E-state index contributed by atoms with van der Waals surface area (Å²) in [5, 5.41) is 0.824. The predicted octanol–water partition coefficient (Wildman–Crippen LogP) is 5.93. The molecule has 1 fully saturated rings. The van der Waals surface area contributed by atoms with E-state index in [4.69, 9.17) is 4.74 Å². The van der Waals surface area contributed by atoms with Gasteiger partial charge in [0.2, 0.25) is 0 Å². The molecule has 2 heterocycles. The first-order valence-electron chi connectivity index (χ1n) is 11.2. The maximum Gasteiger partial charge on any atom is 0.132 e. The van der Waals surface area contributed by atoms with Crippen molar-refractivity contribution in [3.05, 3.63) is 78.0 Å². The van der Waals surface area contributed by atoms with Crippen LogP contribution in [-0.4, -0.2) is 42.5 Å². The Morgan fingerprint density at radius 2 is 1.94 bits per heavy atom. The number of allylic oxidation sites excluding steroid dienone is 3. The van der Waals surface area contributed by atoms with E-state index in [1.807, 2.05) is 38.1 Å². The highest BCUT2D eigenvalue weighted by molar-refractivity contribution is 5.94. The van der Waals surface area contributed by atoms with Gasteiger partial charge >= 0.3 is 0 Å². The Kier molecular flexibility index (Phi) is 6.94. The zero-order chi connectivity index (χ0) is 23.4. The molecule has 0 aliphatic carbocycles. The zero-order valence-corrected chi connectivity index (χ0v) is 19.4. The van der Waals surface area contributed by atoms with Gasteiger partial charge < -0.3 is 9.64 Å². The lowest BCUT2D eigenvalue weighted by molar-refractivity contribution is 0.122. The number of fused-ring (bicyclic) bond motifs is 1. The van der Waals surface area contributed by atoms with Crippen molar-refractivity contribution in [2.75, 3.05) is 31.2 Å². The minimum absolute atomic E-state index is 0.00780. The highest BCUT2D eigenvalue weighted by atomic mass is 19.1. The second-order valence-electron chi connectivity index (χ2n) is 8.38. The third-order valence-corrected chi connectivity index (χ3v) is 5.98. The van der Waals surface area contributed by atoms with Gasteiger partial charge in [-0.15, -0.1) is 0 Å². The van der Waals surface area contributed by atoms with E-state index in [1.54, 1.807) is 12.3 Å². The van der Waals surface area contributed by atoms with Crippen LogP contribution in [0.4, 0.5) is 10.1 Å². The lowest BCUT2D eigenvalue weighted by Gasteiger charge is -2.29. The Hall–Kier alpha value is -3.38. The molecule has 1 atom stereocenters. The smallest absolute Gasteiger partial charge is 0.132 e. The monoisotopic (exact) mass is 444 g/mol. The first-order chi connectivity index (χ1) is 16.0. The van der Waals surface area contributed by atoms with Crippen LogP contribution in [0.25, 0.3) is 22.2 Å². The first kappa shape index (κ1) is 22.8. The molecule has 0 bridgehead atoms. The number of morpholine rings is 1. The normalized spacial score (nSPS) is 15.1. The summed E-state index contributed by atoms with van der Waals surface area (Å²) in [4.78, 5) is 15.8. The van der Waals surface area contributed by atoms with Gasteiger partial charge in [-0.05, 0) is 49.7 Å². The van der Waals surface area contributed by atoms with Gasteiger partial charge in [-0.3, -0.25) is 4.99 Å². The summed E-state index contributed by atoms with van der Waals surface area (Å²) in [6.07, 6.45) is 4.85. The summed E-state index contributed by atoms with van der Waals surface area (Å²) in [6, 6.07) is 11.3. The quantitative estimate of drug-likeness (QED) is 0.443. The number of benzene rings is 2. The number of aliphatic imine (C=N–C) groups is 1. The van der Waals surface area contributed by atoms with E-state index in [9.17, 15) is 0 Å². The molecule has 1 aromatic heterocycles. The molecule has 5 nitrogen and oxygen atoms in total. The maximum absolute atomic E-state index is 15.0. The molecule has 4 rings (SSSR count). The zero-order valence-electron chi connectivity index (χ0n) is 19.4. The van der Waals surface area contributed by atoms with Gasteiger partial charge in [-0.25, -0.2) is 14.4 Å². The number of rotatable bonds is 6. The van der Waals surface area contributed by atoms with Crippen LogP contribution in [0, 0.1) is 5.82 Å². The van der Waals surface area contributed by atoms with Gasteiger partial charge in [0.05, 0.1) is 24.4 Å². The van der Waals surface area contributed by atoms with Crippen molar-refractivity contribution in [1.82, 2.24) is 9.97 Å². The Balaban J connectivity index is 1.76. The van der Waals surface area contributed by atoms with Crippen molar-refractivity contribution in [3.63, 3.8) is 0 Å². The van der Waals surface area contributed by atoms with E-state index in [-0.39, 0.29) is 11.7 Å². The summed E-state index contributed by atoms with van der Waals surface area (Å²) in [5.41, 5.74) is 5.96. The number of anilines is 1. The van der Waals surface area contributed by atoms with Gasteiger partial charge in [0.25, 0.3) is 0 Å². The van der Waals surface area contributed by atoms with Crippen LogP contribution in [0.3, 0.4) is 0 Å². The van der Waals surface area contributed by atoms with Crippen LogP contribution < -0.4 is 4.90 Å². The molecule has 33 heavy (non-hydrogen) atoms. The van der Waals surface area contributed by atoms with Crippen LogP contribution in [0.15, 0.2) is 71.6 Å². The van der Waals surface area contributed by atoms with Gasteiger partial charge in [-0.2, -0.15) is 0 Å². The molecule has 1 aliphatic rings. The molecule has 0 amide bonds. The van der Waals surface area contributed by atoms with Crippen LogP contribution in [-0.2, 0) is 4.74 Å². The molecule has 0 N–H and O–H groups in total. The lowest BCUT2D eigenvalue weighted by atomic mass is 9.92. The molecule has 170 valence electrons. The van der Waals surface area contributed by atoms with Crippen molar-refractivity contribution >= 4 is 22.8 Å². The highest BCUT2D eigenvalue weighted by Gasteiger charge is 2.18. The van der Waals surface area contributed by atoms with E-state index in [1.165, 1.54) is 12.4 Å². The summed E-state index contributed by atoms with van der Waals surface area (Å²) in [6.45, 7) is 13.0. The fraction of sp³-hybridized carbons (Fsp3) is 0.296. The van der Waals surface area contributed by atoms with Crippen molar-refractivity contribution in [2.45, 2.75) is 26.7 Å². The third kappa shape index (κ3) is 4.86. The van der Waals surface area contributed by atoms with E-state index in [0.29, 0.717) is 24.5 Å². The second-order valence-corrected chi connectivity index (χ2v) is 8.38. The summed E-state index contributed by atoms with van der Waals surface area (Å²) in [7, 11) is 0. The lowest BCUT2D eigenvalue weighted by Crippen LogP contribution is -2.36. The Bertz CT molecular complexity index is 1220. The minimum atomic E-state index is -0.309. The largest absolute Gasteiger partial charge is 0.378 e. The van der Waals surface area contributed by atoms with Crippen LogP contribution in [0.5, 0.6) is 0 Å². The molecule has 1 aliphatic heterocycles. The Morgan fingerprint density at radius 3 is 2.67 bits per heavy atom. The fourth-order valence-electron chi connectivity index (χ4n) is 4.24. The third-order valence-electron chi connectivity index (χ3n) is 5.98. The van der Waals surface area contributed by atoms with Gasteiger partial charge in [0.1, 0.15) is 12.1 Å². The van der Waals surface area contributed by atoms with Gasteiger partial charge in [-0.1, -0.05) is 31.2 Å². The molecule has 0 saturated carbocycles. The average molecular weight is 445 g/mol. The highest BCUT2D eigenvalue weighted by Crippen LogP contribution is 2.34. The average Bonchev–Trinajstić information content (AvgIpc) is 2.84. The summed E-state index contributed by atoms with van der Waals surface area (Å²) >= 11 is 0. The van der Waals surface area contributed by atoms with Gasteiger partial charge in [0.15, 0.2) is 0 Å². The standard InChI is InChI=1S/C27H29FN4O/c1-5-10-29-26(18(2)3)19(4)20-6-9-24(28)23(15-20)27-22-8-7-21(16-25(22)30-17-31-27)32-11-13-33-14-12-32/h5-10,15-17,19H,1,11-14H2,2-4H3. The second kappa shape index (κ2) is 10.0. The molecule has 1 saturated heterocycles. The molecule has 3 aromatic rings. The molecular formula is C27H29FN4O. The summed E-state index contributed by atoms with van der Waals surface area (Å²) < 4.78 is 20.5. The van der Waals surface area contributed by atoms with E-state index in [0.717, 1.165) is 46.5 Å². The maximum atomic E-state index is 15.0. The molecular weight excluding hydrogens is 415 g/mol. The van der Waals surface area contributed by atoms with E-state index < -0.39 is 0 Å². The van der Waals surface area contributed by atoms with Crippen molar-refractivity contribution in [3.8, 4) is 11.3 Å². The molecule has 0 spiro atoms. The molecule has 2 aromatic carbocycles. The Labute approximate surface area is 194 Å². The minimum Gasteiger partial charge on any atom is -0.378 e. The van der Waals surface area contributed by atoms with Crippen LogP contribution in [0.1, 0.15) is 32.3 Å². The SMILES string of the molecule is C=CC=NC(=C(C)C)C(C)c1ccc(F)c(-c2ncnc3cc(N4CCOCC4)ccc23)c1. The van der Waals surface area contributed by atoms with Crippen molar-refractivity contribution < 1.29 is 9.13 Å². The number of aromatic nitrogens is 2. The number of hydrogen-bond donors (Lipinski definition) is 0. The summed E-state index contributed by atoms with van der Waals surface area (Å²) in [5.74, 6) is -0.317. The molecule has 6 heteroatoms. The van der Waals surface area contributed by atoms with Crippen molar-refractivity contribution in [1.29, 1.82) is 0 Å². The number of nitrogens with zero attached hydrogens (tertiary/aromatic N) is 4. The predicted molar refractivity (Wildman–Crippen MR) is 133 cm³/mol. The van der Waals surface area contributed by atoms with E-state index >= 15 is 4.39 Å². The van der Waals surface area contributed by atoms with E-state index in [2.05, 4.69) is 39.4 Å². The molecule has 0 radical (unpaired) electrons. The van der Waals surface area contributed by atoms with Gasteiger partial charge in [0, 0.05) is 47.6 Å². The number of hydrogen-bond acceptors (Lipinski definition) is 5. The topological polar surface area (TPSA) is 50.6 Å². The Morgan fingerprint density at radius 1 is 1.15 bits per heavy atom. The van der Waals surface area contributed by atoms with Crippen LogP contribution >= 0.6 is 0 Å². The van der Waals surface area contributed by atoms with Crippen LogP contribution in [0.2, 0.25) is 0 Å².